The molecule has 6 nitrogen and oxygen atoms in total. The Hall–Kier alpha value is -2.17. The number of hydrogen-bond acceptors (Lipinski definition) is 5. The normalized spacial score (nSPS) is 17.6. The topological polar surface area (TPSA) is 86.7 Å². The van der Waals surface area contributed by atoms with E-state index in [0.717, 1.165) is 4.90 Å². The highest BCUT2D eigenvalue weighted by atomic mass is 32.1. The number of imide groups is 1. The first-order valence-corrected chi connectivity index (χ1v) is 7.21. The van der Waals surface area contributed by atoms with Gasteiger partial charge < -0.3 is 10.4 Å². The van der Waals surface area contributed by atoms with Crippen LogP contribution in [0.4, 0.5) is 0 Å². The number of carbonyl (C=O) groups is 3. The van der Waals surface area contributed by atoms with Gasteiger partial charge in [0.05, 0.1) is 13.0 Å². The molecule has 2 N–H and O–H groups in total. The van der Waals surface area contributed by atoms with Gasteiger partial charge in [0.25, 0.3) is 11.8 Å². The van der Waals surface area contributed by atoms with Crippen molar-refractivity contribution in [2.75, 3.05) is 13.7 Å². The van der Waals surface area contributed by atoms with Gasteiger partial charge in [-0.05, 0) is 11.4 Å². The number of amides is 3. The third-order valence-electron chi connectivity index (χ3n) is 3.02. The van der Waals surface area contributed by atoms with Crippen LogP contribution in [0.15, 0.2) is 11.4 Å². The van der Waals surface area contributed by atoms with Crippen molar-refractivity contribution in [3.63, 3.8) is 0 Å². The number of nitrogens with zero attached hydrogens (tertiary/aromatic N) is 1. The number of carbonyl (C=O) groups excluding carboxylic acids is 3. The summed E-state index contributed by atoms with van der Waals surface area (Å²) >= 11 is 1.22. The Morgan fingerprint density at radius 1 is 1.57 bits per heavy atom. The van der Waals surface area contributed by atoms with Gasteiger partial charge in [-0.1, -0.05) is 11.8 Å². The molecule has 2 rings (SSSR count). The second-order valence-corrected chi connectivity index (χ2v) is 5.38. The van der Waals surface area contributed by atoms with E-state index in [9.17, 15) is 14.4 Å². The average Bonchev–Trinajstić information content (AvgIpc) is 3.01. The van der Waals surface area contributed by atoms with Crippen molar-refractivity contribution in [3.8, 4) is 11.8 Å². The van der Waals surface area contributed by atoms with Gasteiger partial charge in [0.2, 0.25) is 5.91 Å². The van der Waals surface area contributed by atoms with Gasteiger partial charge in [-0.2, -0.15) is 0 Å². The second-order valence-electron chi connectivity index (χ2n) is 4.46. The fourth-order valence-corrected chi connectivity index (χ4v) is 2.64. The third kappa shape index (κ3) is 3.29. The maximum Gasteiger partial charge on any atom is 0.263 e. The molecule has 2 heterocycles. The number of aliphatic hydroxyl groups is 1. The number of nitrogens with one attached hydrogen (secondary N) is 1. The number of likely N-dealkylation sites (N-methyl/N-ethyl adjacent to an activating group) is 1. The maximum atomic E-state index is 12.2. The largest absolute Gasteiger partial charge is 0.395 e. The summed E-state index contributed by atoms with van der Waals surface area (Å²) in [6.45, 7) is -0.0380. The summed E-state index contributed by atoms with van der Waals surface area (Å²) in [7, 11) is 1.40. The Morgan fingerprint density at radius 3 is 2.95 bits per heavy atom. The Morgan fingerprint density at radius 2 is 2.33 bits per heavy atom. The molecule has 110 valence electrons. The van der Waals surface area contributed by atoms with Crippen molar-refractivity contribution >= 4 is 29.1 Å². The van der Waals surface area contributed by atoms with Crippen LogP contribution in [0.5, 0.6) is 0 Å². The Bertz CT molecular complexity index is 641. The van der Waals surface area contributed by atoms with Crippen molar-refractivity contribution < 1.29 is 19.5 Å². The zero-order chi connectivity index (χ0) is 15.4. The summed E-state index contributed by atoms with van der Waals surface area (Å²) in [5, 5.41) is 13.0. The Kier molecular flexibility index (Phi) is 4.73. The predicted molar refractivity (Wildman–Crippen MR) is 76.5 cm³/mol. The fraction of sp³-hybridized carbons (Fsp3) is 0.357. The molecule has 7 heteroatoms. The van der Waals surface area contributed by atoms with Gasteiger partial charge in [0, 0.05) is 19.0 Å². The molecule has 1 aromatic heterocycles. The number of likely N-dealkylation sites (tertiary alicyclic amines) is 1. The van der Waals surface area contributed by atoms with Crippen LogP contribution in [0, 0.1) is 11.8 Å². The highest BCUT2D eigenvalue weighted by molar-refractivity contribution is 7.12. The zero-order valence-corrected chi connectivity index (χ0v) is 12.2. The molecule has 1 saturated heterocycles. The summed E-state index contributed by atoms with van der Waals surface area (Å²) in [6.07, 6.45) is 0.315. The Balaban J connectivity index is 2.09. The van der Waals surface area contributed by atoms with Crippen LogP contribution >= 0.6 is 11.3 Å². The van der Waals surface area contributed by atoms with Crippen molar-refractivity contribution in [2.24, 2.45) is 0 Å². The van der Waals surface area contributed by atoms with E-state index in [4.69, 9.17) is 5.11 Å². The van der Waals surface area contributed by atoms with Crippen LogP contribution in [0.25, 0.3) is 0 Å². The minimum atomic E-state index is -0.810. The SMILES string of the molecule is CN1C(=O)CC(NC(=O)c2sccc2C#CCCO)C1=O. The van der Waals surface area contributed by atoms with E-state index in [1.165, 1.54) is 18.4 Å². The van der Waals surface area contributed by atoms with Crippen LogP contribution in [0.2, 0.25) is 0 Å². The van der Waals surface area contributed by atoms with E-state index < -0.39 is 17.9 Å². The summed E-state index contributed by atoms with van der Waals surface area (Å²) in [5.41, 5.74) is 0.552. The highest BCUT2D eigenvalue weighted by Crippen LogP contribution is 2.17. The first kappa shape index (κ1) is 15.2. The predicted octanol–water partition coefficient (Wildman–Crippen LogP) is -0.0309. The molecular formula is C14H14N2O4S. The molecule has 0 radical (unpaired) electrons. The minimum Gasteiger partial charge on any atom is -0.395 e. The maximum absolute atomic E-state index is 12.2. The van der Waals surface area contributed by atoms with Crippen LogP contribution in [0.3, 0.4) is 0 Å². The van der Waals surface area contributed by atoms with Gasteiger partial charge in [-0.25, -0.2) is 0 Å². The van der Waals surface area contributed by atoms with Crippen LogP contribution in [0.1, 0.15) is 28.1 Å². The summed E-state index contributed by atoms with van der Waals surface area (Å²) < 4.78 is 0. The lowest BCUT2D eigenvalue weighted by atomic mass is 10.2. The Labute approximate surface area is 125 Å². The van der Waals surface area contributed by atoms with Gasteiger partial charge in [0.1, 0.15) is 10.9 Å². The van der Waals surface area contributed by atoms with Gasteiger partial charge in [-0.15, -0.1) is 11.3 Å². The summed E-state index contributed by atoms with van der Waals surface area (Å²) in [5.74, 6) is 4.42. The molecule has 1 atom stereocenters. The molecule has 3 amide bonds. The first-order chi connectivity index (χ1) is 10.0. The number of thiophene rings is 1. The minimum absolute atomic E-state index is 0.0159. The van der Waals surface area contributed by atoms with E-state index in [2.05, 4.69) is 17.2 Å². The number of aliphatic hydroxyl groups excluding tert-OH is 1. The monoisotopic (exact) mass is 306 g/mol. The fourth-order valence-electron chi connectivity index (χ4n) is 1.89. The van der Waals surface area contributed by atoms with Gasteiger partial charge >= 0.3 is 0 Å². The lowest BCUT2D eigenvalue weighted by molar-refractivity contribution is -0.137. The van der Waals surface area contributed by atoms with E-state index in [-0.39, 0.29) is 18.9 Å². The third-order valence-corrected chi connectivity index (χ3v) is 3.93. The molecule has 0 bridgehead atoms. The van der Waals surface area contributed by atoms with E-state index in [1.54, 1.807) is 11.4 Å². The molecule has 0 aromatic carbocycles. The van der Waals surface area contributed by atoms with Crippen LogP contribution < -0.4 is 5.32 Å². The molecular weight excluding hydrogens is 292 g/mol. The highest BCUT2D eigenvalue weighted by Gasteiger charge is 2.37. The van der Waals surface area contributed by atoms with Crippen molar-refractivity contribution in [2.45, 2.75) is 18.9 Å². The van der Waals surface area contributed by atoms with E-state index in [0.29, 0.717) is 16.9 Å². The van der Waals surface area contributed by atoms with Crippen LogP contribution in [-0.2, 0) is 9.59 Å². The number of hydrogen-bond donors (Lipinski definition) is 2. The second kappa shape index (κ2) is 6.52. The van der Waals surface area contributed by atoms with Crippen molar-refractivity contribution in [1.82, 2.24) is 10.2 Å². The van der Waals surface area contributed by atoms with Gasteiger partial charge in [-0.3, -0.25) is 19.3 Å². The summed E-state index contributed by atoms with van der Waals surface area (Å²) in [4.78, 5) is 36.8. The number of rotatable bonds is 3. The lowest BCUT2D eigenvalue weighted by Gasteiger charge is -2.10. The molecule has 1 unspecified atom stereocenters. The molecule has 1 aliphatic rings. The summed E-state index contributed by atoms with van der Waals surface area (Å²) in [6, 6.07) is 0.896. The molecule has 1 aromatic rings. The molecule has 0 aliphatic carbocycles. The molecule has 21 heavy (non-hydrogen) atoms. The van der Waals surface area contributed by atoms with Crippen molar-refractivity contribution in [1.29, 1.82) is 0 Å². The molecule has 1 fully saturated rings. The van der Waals surface area contributed by atoms with E-state index in [1.807, 2.05) is 0 Å². The van der Waals surface area contributed by atoms with Gasteiger partial charge in [0.15, 0.2) is 0 Å². The van der Waals surface area contributed by atoms with Crippen LogP contribution in [-0.4, -0.2) is 47.4 Å². The molecule has 1 aliphatic heterocycles. The first-order valence-electron chi connectivity index (χ1n) is 6.33. The molecule has 0 spiro atoms. The average molecular weight is 306 g/mol. The smallest absolute Gasteiger partial charge is 0.263 e. The van der Waals surface area contributed by atoms with E-state index >= 15 is 0 Å². The lowest BCUT2D eigenvalue weighted by Crippen LogP contribution is -2.40. The standard InChI is InChI=1S/C14H14N2O4S/c1-16-11(18)8-10(14(16)20)15-13(19)12-9(5-7-21-12)4-2-3-6-17/h5,7,10,17H,3,6,8H2,1H3,(H,15,19). The molecule has 0 saturated carbocycles. The van der Waals surface area contributed by atoms with Crippen molar-refractivity contribution in [3.05, 3.63) is 21.9 Å². The zero-order valence-electron chi connectivity index (χ0n) is 11.4. The quantitative estimate of drug-likeness (QED) is 0.606.